The molecule has 244 valence electrons. The van der Waals surface area contributed by atoms with Crippen molar-refractivity contribution in [3.63, 3.8) is 0 Å². The second-order valence-corrected chi connectivity index (χ2v) is 13.2. The first-order chi connectivity index (χ1) is 19.7. The molecule has 2 N–H and O–H groups in total. The quantitative estimate of drug-likeness (QED) is 0.236. The van der Waals surface area contributed by atoms with E-state index in [0.29, 0.717) is 24.2 Å². The van der Waals surface area contributed by atoms with Gasteiger partial charge in [0.05, 0.1) is 0 Å². The summed E-state index contributed by atoms with van der Waals surface area (Å²) in [5.41, 5.74) is 1.39. The van der Waals surface area contributed by atoms with E-state index in [9.17, 15) is 14.4 Å². The molecule has 2 heterocycles. The Kier molecular flexibility index (Phi) is 19.4. The highest BCUT2D eigenvalue weighted by Gasteiger charge is 2.36. The number of likely N-dealkylation sites (tertiary alicyclic amines) is 2. The van der Waals surface area contributed by atoms with Crippen LogP contribution in [0.5, 0.6) is 0 Å². The molecular formula is C34H65N5O3. The molecule has 42 heavy (non-hydrogen) atoms. The molecular weight excluding hydrogens is 526 g/mol. The number of hydrogen-bond donors (Lipinski definition) is 2. The van der Waals surface area contributed by atoms with Crippen LogP contribution in [-0.4, -0.2) is 90.3 Å². The van der Waals surface area contributed by atoms with Gasteiger partial charge in [0.25, 0.3) is 0 Å². The van der Waals surface area contributed by atoms with Gasteiger partial charge in [0.2, 0.25) is 18.2 Å². The Labute approximate surface area is 258 Å². The van der Waals surface area contributed by atoms with Gasteiger partial charge >= 0.3 is 0 Å². The van der Waals surface area contributed by atoms with E-state index in [2.05, 4.69) is 70.6 Å². The fourth-order valence-electron chi connectivity index (χ4n) is 4.95. The van der Waals surface area contributed by atoms with Crippen LogP contribution in [0.1, 0.15) is 114 Å². The van der Waals surface area contributed by atoms with Crippen molar-refractivity contribution >= 4 is 18.2 Å². The molecule has 2 aliphatic heterocycles. The van der Waals surface area contributed by atoms with Crippen LogP contribution in [0, 0.1) is 5.41 Å². The zero-order chi connectivity index (χ0) is 32.5. The molecule has 3 unspecified atom stereocenters. The highest BCUT2D eigenvalue weighted by atomic mass is 16.2. The van der Waals surface area contributed by atoms with Crippen LogP contribution in [0.4, 0.5) is 0 Å². The van der Waals surface area contributed by atoms with Crippen LogP contribution in [-0.2, 0) is 14.4 Å². The van der Waals surface area contributed by atoms with Crippen molar-refractivity contribution < 1.29 is 14.4 Å². The van der Waals surface area contributed by atoms with Crippen LogP contribution in [0.15, 0.2) is 23.9 Å². The maximum absolute atomic E-state index is 13.4. The number of nitrogens with one attached hydrogen (secondary N) is 2. The third-order valence-electron chi connectivity index (χ3n) is 7.80. The number of carbonyl (C=O) groups excluding carboxylic acids is 3. The molecule has 2 rings (SSSR count). The molecule has 0 saturated carbocycles. The number of hydrogen-bond acceptors (Lipinski definition) is 5. The van der Waals surface area contributed by atoms with Crippen molar-refractivity contribution in [1.29, 1.82) is 0 Å². The van der Waals surface area contributed by atoms with E-state index in [1.165, 1.54) is 19.3 Å². The minimum absolute atomic E-state index is 0.0308. The maximum Gasteiger partial charge on any atom is 0.249 e. The Morgan fingerprint density at radius 2 is 1.57 bits per heavy atom. The molecule has 2 fully saturated rings. The summed E-state index contributed by atoms with van der Waals surface area (Å²) < 4.78 is 0. The summed E-state index contributed by atoms with van der Waals surface area (Å²) in [6.07, 6.45) is 10.5. The van der Waals surface area contributed by atoms with Crippen molar-refractivity contribution in [3.05, 3.63) is 23.9 Å². The fourth-order valence-corrected chi connectivity index (χ4v) is 4.95. The van der Waals surface area contributed by atoms with E-state index < -0.39 is 0 Å². The molecule has 2 saturated heterocycles. The number of piperidine rings is 1. The zero-order valence-corrected chi connectivity index (χ0v) is 29.0. The lowest BCUT2D eigenvalue weighted by Gasteiger charge is -2.42. The minimum atomic E-state index is -0.376. The van der Waals surface area contributed by atoms with Crippen LogP contribution < -0.4 is 10.6 Å². The molecule has 0 aromatic carbocycles. The smallest absolute Gasteiger partial charge is 0.249 e. The zero-order valence-electron chi connectivity index (χ0n) is 29.0. The summed E-state index contributed by atoms with van der Waals surface area (Å²) in [5.74, 6) is 0.122. The topological polar surface area (TPSA) is 85.0 Å². The Hall–Kier alpha value is -2.35. The van der Waals surface area contributed by atoms with Gasteiger partial charge in [-0.1, -0.05) is 67.0 Å². The lowest BCUT2D eigenvalue weighted by molar-refractivity contribution is -0.134. The Bertz CT molecular complexity index is 843. The second kappa shape index (κ2) is 20.5. The summed E-state index contributed by atoms with van der Waals surface area (Å²) in [6.45, 7) is 28.3. The number of likely N-dealkylation sites (N-methyl/N-ethyl adjacent to an activating group) is 1. The molecule has 0 spiro atoms. The van der Waals surface area contributed by atoms with Crippen LogP contribution in [0.25, 0.3) is 0 Å². The van der Waals surface area contributed by atoms with Crippen molar-refractivity contribution in [1.82, 2.24) is 25.3 Å². The van der Waals surface area contributed by atoms with Crippen molar-refractivity contribution in [2.45, 2.75) is 138 Å². The van der Waals surface area contributed by atoms with E-state index in [1.807, 2.05) is 38.8 Å². The van der Waals surface area contributed by atoms with Gasteiger partial charge in [-0.05, 0) is 71.8 Å². The van der Waals surface area contributed by atoms with Gasteiger partial charge in [-0.3, -0.25) is 19.3 Å². The van der Waals surface area contributed by atoms with Crippen LogP contribution in [0.3, 0.4) is 0 Å². The van der Waals surface area contributed by atoms with E-state index in [0.717, 1.165) is 57.4 Å². The van der Waals surface area contributed by atoms with Crippen molar-refractivity contribution in [2.75, 3.05) is 33.2 Å². The number of amides is 3. The first kappa shape index (κ1) is 39.6. The largest absolute Gasteiger partial charge is 0.376 e. The number of carbonyl (C=O) groups is 3. The van der Waals surface area contributed by atoms with Crippen molar-refractivity contribution in [2.24, 2.45) is 5.41 Å². The maximum atomic E-state index is 13.4. The summed E-state index contributed by atoms with van der Waals surface area (Å²) in [6, 6.07) is 0.662. The van der Waals surface area contributed by atoms with Gasteiger partial charge in [-0.25, -0.2) is 0 Å². The lowest BCUT2D eigenvalue weighted by atomic mass is 9.85. The first-order valence-corrected chi connectivity index (χ1v) is 16.3. The van der Waals surface area contributed by atoms with Gasteiger partial charge in [-0.2, -0.15) is 0 Å². The van der Waals surface area contributed by atoms with Gasteiger partial charge < -0.3 is 20.4 Å². The van der Waals surface area contributed by atoms with Gasteiger partial charge in [0.15, 0.2) is 0 Å². The Morgan fingerprint density at radius 1 is 1.02 bits per heavy atom. The molecule has 3 amide bonds. The van der Waals surface area contributed by atoms with Crippen LogP contribution >= 0.6 is 0 Å². The summed E-state index contributed by atoms with van der Waals surface area (Å²) in [7, 11) is 1.82. The van der Waals surface area contributed by atoms with E-state index in [-0.39, 0.29) is 29.3 Å². The van der Waals surface area contributed by atoms with E-state index >= 15 is 0 Å². The van der Waals surface area contributed by atoms with Gasteiger partial charge in [0.1, 0.15) is 6.04 Å². The average molecular weight is 592 g/mol. The first-order valence-electron chi connectivity index (χ1n) is 16.3. The fraction of sp³-hybridized carbons (Fsp3) is 0.794. The highest BCUT2D eigenvalue weighted by molar-refractivity contribution is 5.93. The molecule has 3 atom stereocenters. The molecule has 8 heteroatoms. The summed E-state index contributed by atoms with van der Waals surface area (Å²) >= 11 is 0. The summed E-state index contributed by atoms with van der Waals surface area (Å²) in [4.78, 5) is 41.8. The highest BCUT2D eigenvalue weighted by Crippen LogP contribution is 2.27. The number of rotatable bonds is 11. The van der Waals surface area contributed by atoms with Crippen LogP contribution in [0.2, 0.25) is 0 Å². The normalized spacial score (nSPS) is 19.0. The molecule has 0 aromatic rings. The minimum Gasteiger partial charge on any atom is -0.376 e. The predicted octanol–water partition coefficient (Wildman–Crippen LogP) is 5.74. The lowest BCUT2D eigenvalue weighted by Crippen LogP contribution is -2.55. The number of nitrogens with zero attached hydrogens (tertiary/aromatic N) is 3. The molecule has 2 aliphatic rings. The standard InChI is InChI=1S/C26H46N4O2.C5H11NO.C3H8/c1-19(2)30-17-10-9-13-22(30)21(4)27-23(26(5,6)7)25(32)28(8)18-14-20(3)24(31)29-15-11-12-16-29;1-3-5(2)6-4-7;1-3-2/h14,19,22-23,27H,4,9-13,15-18H2,1-3,5-8H3;4-5H,3H2,1-2H3,(H,6,7);3H2,1-2H3/b20-14+;;. The monoisotopic (exact) mass is 592 g/mol. The third kappa shape index (κ3) is 14.2. The third-order valence-corrected chi connectivity index (χ3v) is 7.80. The predicted molar refractivity (Wildman–Crippen MR) is 177 cm³/mol. The molecule has 0 bridgehead atoms. The van der Waals surface area contributed by atoms with E-state index in [1.54, 1.807) is 4.90 Å². The summed E-state index contributed by atoms with van der Waals surface area (Å²) in [5, 5.41) is 6.14. The van der Waals surface area contributed by atoms with E-state index in [4.69, 9.17) is 0 Å². The molecule has 0 radical (unpaired) electrons. The molecule has 0 aromatic heterocycles. The Balaban J connectivity index is 0.00000144. The Morgan fingerprint density at radius 3 is 2.02 bits per heavy atom. The second-order valence-electron chi connectivity index (χ2n) is 13.2. The van der Waals surface area contributed by atoms with Crippen molar-refractivity contribution in [3.8, 4) is 0 Å². The molecule has 8 nitrogen and oxygen atoms in total. The average Bonchev–Trinajstić information content (AvgIpc) is 3.49. The molecule has 0 aliphatic carbocycles. The van der Waals surface area contributed by atoms with Gasteiger partial charge in [0, 0.05) is 56.1 Å². The van der Waals surface area contributed by atoms with Gasteiger partial charge in [-0.15, -0.1) is 0 Å². The SMILES string of the molecule is C=C(NC(C(=O)N(C)C/C=C(\C)C(=O)N1CCCC1)C(C)(C)C)C1CCCCN1C(C)C.CCC.CCC(C)NC=O.